The molecule has 27 heavy (non-hydrogen) atoms. The highest BCUT2D eigenvalue weighted by Gasteiger charge is 2.34. The molecule has 9 heteroatoms. The fourth-order valence-corrected chi connectivity index (χ4v) is 2.89. The van der Waals surface area contributed by atoms with Gasteiger partial charge >= 0.3 is 0 Å². The van der Waals surface area contributed by atoms with Crippen LogP contribution in [0.2, 0.25) is 0 Å². The molecule has 0 N–H and O–H groups in total. The molecule has 0 spiro atoms. The predicted molar refractivity (Wildman–Crippen MR) is 92.9 cm³/mol. The molecule has 1 aliphatic rings. The number of amides is 2. The maximum Gasteiger partial charge on any atom is 0.269 e. The zero-order chi connectivity index (χ0) is 19.1. The van der Waals surface area contributed by atoms with Crippen molar-refractivity contribution < 1.29 is 18.9 Å². The van der Waals surface area contributed by atoms with Gasteiger partial charge in [0.05, 0.1) is 16.1 Å². The maximum atomic E-state index is 12.3. The fraction of sp³-hybridized carbons (Fsp3) is 0.111. The van der Waals surface area contributed by atoms with Gasteiger partial charge in [-0.2, -0.15) is 0 Å². The van der Waals surface area contributed by atoms with E-state index in [9.17, 15) is 19.7 Å². The highest BCUT2D eigenvalue weighted by molar-refractivity contribution is 6.21. The van der Waals surface area contributed by atoms with Crippen LogP contribution in [0.25, 0.3) is 22.9 Å². The van der Waals surface area contributed by atoms with Crippen molar-refractivity contribution in [2.45, 2.75) is 6.92 Å². The van der Waals surface area contributed by atoms with Crippen molar-refractivity contribution in [3.8, 4) is 22.9 Å². The minimum atomic E-state index is -0.495. The number of rotatable bonds is 4. The lowest BCUT2D eigenvalue weighted by atomic mass is 10.1. The summed E-state index contributed by atoms with van der Waals surface area (Å²) in [5.74, 6) is -0.296. The topological polar surface area (TPSA) is 119 Å². The van der Waals surface area contributed by atoms with Crippen LogP contribution >= 0.6 is 0 Å². The van der Waals surface area contributed by atoms with Gasteiger partial charge in [-0.1, -0.05) is 0 Å². The number of nitro groups is 1. The first-order chi connectivity index (χ1) is 13.0. The third-order valence-electron chi connectivity index (χ3n) is 4.28. The van der Waals surface area contributed by atoms with Gasteiger partial charge in [0.1, 0.15) is 0 Å². The van der Waals surface area contributed by atoms with Crippen LogP contribution in [0.5, 0.6) is 0 Å². The lowest BCUT2D eigenvalue weighted by Gasteiger charge is -2.08. The number of hydrogen-bond acceptors (Lipinski definition) is 7. The summed E-state index contributed by atoms with van der Waals surface area (Å²) in [5, 5.41) is 18.6. The van der Waals surface area contributed by atoms with Crippen LogP contribution in [0, 0.1) is 10.1 Å². The van der Waals surface area contributed by atoms with Crippen molar-refractivity contribution in [3.63, 3.8) is 0 Å². The van der Waals surface area contributed by atoms with E-state index >= 15 is 0 Å². The second-order valence-electron chi connectivity index (χ2n) is 5.83. The molecule has 2 amide bonds. The Bertz CT molecular complexity index is 1090. The summed E-state index contributed by atoms with van der Waals surface area (Å²) < 4.78 is 5.63. The molecule has 0 aliphatic carbocycles. The third kappa shape index (κ3) is 2.65. The maximum absolute atomic E-state index is 12.3. The van der Waals surface area contributed by atoms with Gasteiger partial charge in [-0.25, -0.2) is 0 Å². The van der Waals surface area contributed by atoms with E-state index in [1.54, 1.807) is 25.1 Å². The van der Waals surface area contributed by atoms with Crippen LogP contribution in [0.1, 0.15) is 27.6 Å². The van der Waals surface area contributed by atoms with E-state index in [-0.39, 0.29) is 29.3 Å². The summed E-state index contributed by atoms with van der Waals surface area (Å²) in [6.45, 7) is 2.03. The van der Waals surface area contributed by atoms with Gasteiger partial charge < -0.3 is 4.42 Å². The minimum absolute atomic E-state index is 0.0410. The summed E-state index contributed by atoms with van der Waals surface area (Å²) in [4.78, 5) is 35.9. The number of benzene rings is 2. The molecular weight excluding hydrogens is 352 g/mol. The van der Waals surface area contributed by atoms with Crippen LogP contribution < -0.4 is 0 Å². The number of fused-ring (bicyclic) bond motifs is 1. The molecule has 1 aliphatic heterocycles. The van der Waals surface area contributed by atoms with E-state index < -0.39 is 4.92 Å². The van der Waals surface area contributed by atoms with Crippen molar-refractivity contribution in [2.75, 3.05) is 6.54 Å². The molecule has 0 unspecified atom stereocenters. The lowest BCUT2D eigenvalue weighted by Crippen LogP contribution is -2.29. The monoisotopic (exact) mass is 364 g/mol. The van der Waals surface area contributed by atoms with Gasteiger partial charge in [0.15, 0.2) is 0 Å². The van der Waals surface area contributed by atoms with Crippen molar-refractivity contribution in [2.24, 2.45) is 0 Å². The van der Waals surface area contributed by atoms with Crippen LogP contribution in [0.15, 0.2) is 46.9 Å². The van der Waals surface area contributed by atoms with Gasteiger partial charge in [0.2, 0.25) is 11.8 Å². The molecule has 1 aromatic heterocycles. The van der Waals surface area contributed by atoms with E-state index in [0.29, 0.717) is 28.8 Å². The minimum Gasteiger partial charge on any atom is -0.416 e. The SMILES string of the molecule is CCN1C(=O)c2ccc(-c3nnc(-c4ccc([N+](=O)[O-])cc4)o3)cc2C1=O. The number of imide groups is 1. The van der Waals surface area contributed by atoms with Crippen LogP contribution in [-0.2, 0) is 0 Å². The molecule has 4 rings (SSSR count). The second kappa shape index (κ2) is 6.13. The Kier molecular flexibility index (Phi) is 3.76. The smallest absolute Gasteiger partial charge is 0.269 e. The molecule has 0 atom stereocenters. The molecule has 3 aromatic rings. The quantitative estimate of drug-likeness (QED) is 0.396. The molecule has 9 nitrogen and oxygen atoms in total. The standard InChI is InChI=1S/C18H12N4O5/c1-2-21-17(23)13-8-5-11(9-14(13)18(21)24)16-20-19-15(27-16)10-3-6-12(7-4-10)22(25)26/h3-9H,2H2,1H3. The van der Waals surface area contributed by atoms with Crippen molar-refractivity contribution >= 4 is 17.5 Å². The third-order valence-corrected chi connectivity index (χ3v) is 4.28. The fourth-order valence-electron chi connectivity index (χ4n) is 2.89. The Morgan fingerprint density at radius 2 is 1.56 bits per heavy atom. The molecule has 0 saturated heterocycles. The Morgan fingerprint density at radius 1 is 0.963 bits per heavy atom. The molecule has 134 valence electrons. The summed E-state index contributed by atoms with van der Waals surface area (Å²) >= 11 is 0. The second-order valence-corrected chi connectivity index (χ2v) is 5.83. The van der Waals surface area contributed by atoms with Crippen molar-refractivity contribution in [1.29, 1.82) is 0 Å². The zero-order valence-corrected chi connectivity index (χ0v) is 14.1. The van der Waals surface area contributed by atoms with E-state index in [0.717, 1.165) is 0 Å². The number of aromatic nitrogens is 2. The molecule has 0 fully saturated rings. The first kappa shape index (κ1) is 16.6. The molecule has 0 bridgehead atoms. The zero-order valence-electron chi connectivity index (χ0n) is 14.1. The van der Waals surface area contributed by atoms with Gasteiger partial charge in [-0.3, -0.25) is 24.6 Å². The van der Waals surface area contributed by atoms with E-state index in [4.69, 9.17) is 4.42 Å². The molecular formula is C18H12N4O5. The number of nitrogens with zero attached hydrogens (tertiary/aromatic N) is 4. The number of hydrogen-bond donors (Lipinski definition) is 0. The Hall–Kier alpha value is -3.88. The van der Waals surface area contributed by atoms with Crippen molar-refractivity contribution in [3.05, 3.63) is 63.7 Å². The van der Waals surface area contributed by atoms with Crippen molar-refractivity contribution in [1.82, 2.24) is 15.1 Å². The average Bonchev–Trinajstić information content (AvgIpc) is 3.26. The number of carbonyl (C=O) groups is 2. The molecule has 2 heterocycles. The van der Waals surface area contributed by atoms with Crippen LogP contribution in [-0.4, -0.2) is 38.4 Å². The Balaban J connectivity index is 1.67. The predicted octanol–water partition coefficient (Wildman–Crippen LogP) is 2.93. The normalized spacial score (nSPS) is 13.1. The summed E-state index contributed by atoms with van der Waals surface area (Å²) in [7, 11) is 0. The Labute approximate surface area is 152 Å². The van der Waals surface area contributed by atoms with Gasteiger partial charge in [0, 0.05) is 29.8 Å². The van der Waals surface area contributed by atoms with Crippen LogP contribution in [0.4, 0.5) is 5.69 Å². The molecule has 2 aromatic carbocycles. The Morgan fingerprint density at radius 3 is 2.19 bits per heavy atom. The molecule has 0 radical (unpaired) electrons. The number of carbonyl (C=O) groups excluding carboxylic acids is 2. The van der Waals surface area contributed by atoms with E-state index in [2.05, 4.69) is 10.2 Å². The summed E-state index contributed by atoms with van der Waals surface area (Å²) in [6.07, 6.45) is 0. The average molecular weight is 364 g/mol. The number of non-ortho nitro benzene ring substituents is 1. The highest BCUT2D eigenvalue weighted by Crippen LogP contribution is 2.30. The van der Waals surface area contributed by atoms with Gasteiger partial charge in [-0.15, -0.1) is 10.2 Å². The highest BCUT2D eigenvalue weighted by atomic mass is 16.6. The van der Waals surface area contributed by atoms with Gasteiger partial charge in [0.25, 0.3) is 17.5 Å². The van der Waals surface area contributed by atoms with Crippen LogP contribution in [0.3, 0.4) is 0 Å². The van der Waals surface area contributed by atoms with E-state index in [1.165, 1.54) is 29.2 Å². The van der Waals surface area contributed by atoms with Gasteiger partial charge in [-0.05, 0) is 37.3 Å². The largest absolute Gasteiger partial charge is 0.416 e. The first-order valence-electron chi connectivity index (χ1n) is 8.08. The summed E-state index contributed by atoms with van der Waals surface area (Å²) in [5.41, 5.74) is 1.65. The number of nitro benzene ring substituents is 1. The lowest BCUT2D eigenvalue weighted by molar-refractivity contribution is -0.384. The molecule has 0 saturated carbocycles. The first-order valence-corrected chi connectivity index (χ1v) is 8.08. The summed E-state index contributed by atoms with van der Waals surface area (Å²) in [6, 6.07) is 10.5. The van der Waals surface area contributed by atoms with E-state index in [1.807, 2.05) is 0 Å².